The highest BCUT2D eigenvalue weighted by Gasteiger charge is 2.33. The second-order valence-electron chi connectivity index (χ2n) is 6.89. The Kier molecular flexibility index (Phi) is 5.05. The summed E-state index contributed by atoms with van der Waals surface area (Å²) < 4.78 is 29.4. The maximum absolute atomic E-state index is 12.8. The monoisotopic (exact) mass is 373 g/mol. The molecular weight excluding hydrogens is 350 g/mol. The molecule has 0 radical (unpaired) electrons. The highest BCUT2D eigenvalue weighted by molar-refractivity contribution is 7.90. The third kappa shape index (κ3) is 3.90. The molecule has 0 N–H and O–H groups in total. The number of nitrogens with zero attached hydrogens (tertiary/aromatic N) is 1. The third-order valence-electron chi connectivity index (χ3n) is 4.77. The molecule has 6 heteroatoms. The zero-order chi connectivity index (χ0) is 18.9. The summed E-state index contributed by atoms with van der Waals surface area (Å²) in [5.74, 6) is 0.996. The number of sulfone groups is 1. The van der Waals surface area contributed by atoms with E-state index < -0.39 is 9.84 Å². The SMILES string of the molecule is Cc1cc(S(C)(=O)=O)cc(C(=O)N2CC(COc3ccccc3)C2)c1C. The van der Waals surface area contributed by atoms with Crippen LogP contribution in [0, 0.1) is 19.8 Å². The van der Waals surface area contributed by atoms with Crippen molar-refractivity contribution in [2.45, 2.75) is 18.7 Å². The summed E-state index contributed by atoms with van der Waals surface area (Å²) in [6, 6.07) is 12.7. The van der Waals surface area contributed by atoms with Crippen LogP contribution in [0.2, 0.25) is 0 Å². The number of benzene rings is 2. The highest BCUT2D eigenvalue weighted by atomic mass is 32.2. The van der Waals surface area contributed by atoms with E-state index in [-0.39, 0.29) is 10.8 Å². The fraction of sp³-hybridized carbons (Fsp3) is 0.350. The zero-order valence-electron chi connectivity index (χ0n) is 15.2. The number of aryl methyl sites for hydroxylation is 1. The van der Waals surface area contributed by atoms with Gasteiger partial charge in [-0.15, -0.1) is 0 Å². The van der Waals surface area contributed by atoms with Crippen molar-refractivity contribution < 1.29 is 17.9 Å². The van der Waals surface area contributed by atoms with Crippen molar-refractivity contribution in [3.8, 4) is 5.75 Å². The smallest absolute Gasteiger partial charge is 0.254 e. The van der Waals surface area contributed by atoms with E-state index in [4.69, 9.17) is 4.74 Å². The average Bonchev–Trinajstić information content (AvgIpc) is 2.55. The second kappa shape index (κ2) is 7.11. The quantitative estimate of drug-likeness (QED) is 0.808. The van der Waals surface area contributed by atoms with Crippen molar-refractivity contribution in [3.05, 3.63) is 59.2 Å². The van der Waals surface area contributed by atoms with E-state index in [0.29, 0.717) is 31.2 Å². The van der Waals surface area contributed by atoms with Crippen molar-refractivity contribution in [1.29, 1.82) is 0 Å². The highest BCUT2D eigenvalue weighted by Crippen LogP contribution is 2.25. The number of ether oxygens (including phenoxy) is 1. The van der Waals surface area contributed by atoms with Gasteiger partial charge in [0, 0.05) is 30.8 Å². The maximum atomic E-state index is 12.8. The van der Waals surface area contributed by atoms with Gasteiger partial charge in [-0.25, -0.2) is 8.42 Å². The first-order valence-corrected chi connectivity index (χ1v) is 10.4. The van der Waals surface area contributed by atoms with Crippen LogP contribution in [-0.4, -0.2) is 45.2 Å². The normalized spacial score (nSPS) is 14.8. The number of carbonyl (C=O) groups is 1. The minimum atomic E-state index is -3.35. The molecule has 0 atom stereocenters. The first-order chi connectivity index (χ1) is 12.3. The number of para-hydroxylation sites is 1. The molecule has 1 amide bonds. The Bertz CT molecular complexity index is 916. The molecule has 1 aliphatic heterocycles. The van der Waals surface area contributed by atoms with E-state index in [1.54, 1.807) is 11.0 Å². The molecule has 1 fully saturated rings. The molecule has 0 aliphatic carbocycles. The summed E-state index contributed by atoms with van der Waals surface area (Å²) in [6.07, 6.45) is 1.16. The number of amides is 1. The van der Waals surface area contributed by atoms with E-state index in [1.165, 1.54) is 6.07 Å². The van der Waals surface area contributed by atoms with Crippen molar-refractivity contribution in [1.82, 2.24) is 4.90 Å². The van der Waals surface area contributed by atoms with Gasteiger partial charge in [0.25, 0.3) is 5.91 Å². The predicted octanol–water partition coefficient (Wildman–Crippen LogP) is 2.86. The van der Waals surface area contributed by atoms with Crippen LogP contribution in [0.5, 0.6) is 5.75 Å². The lowest BCUT2D eigenvalue weighted by Crippen LogP contribution is -2.52. The third-order valence-corrected chi connectivity index (χ3v) is 5.86. The molecule has 0 bridgehead atoms. The van der Waals surface area contributed by atoms with Crippen LogP contribution in [-0.2, 0) is 9.84 Å². The van der Waals surface area contributed by atoms with Gasteiger partial charge < -0.3 is 9.64 Å². The minimum absolute atomic E-state index is 0.118. The van der Waals surface area contributed by atoms with E-state index in [2.05, 4.69) is 0 Å². The van der Waals surface area contributed by atoms with E-state index >= 15 is 0 Å². The lowest BCUT2D eigenvalue weighted by molar-refractivity contribution is 0.0392. The van der Waals surface area contributed by atoms with E-state index in [1.807, 2.05) is 44.2 Å². The van der Waals surface area contributed by atoms with Gasteiger partial charge >= 0.3 is 0 Å². The molecular formula is C20H23NO4S. The van der Waals surface area contributed by atoms with Gasteiger partial charge in [0.2, 0.25) is 0 Å². The van der Waals surface area contributed by atoms with Gasteiger partial charge in [-0.05, 0) is 49.2 Å². The molecule has 0 saturated carbocycles. The molecule has 0 aromatic heterocycles. The molecule has 1 saturated heterocycles. The lowest BCUT2D eigenvalue weighted by atomic mass is 9.97. The Morgan fingerprint density at radius 1 is 1.15 bits per heavy atom. The largest absolute Gasteiger partial charge is 0.493 e. The number of carbonyl (C=O) groups excluding carboxylic acids is 1. The molecule has 5 nitrogen and oxygen atoms in total. The molecule has 1 aliphatic rings. The number of hydrogen-bond donors (Lipinski definition) is 0. The van der Waals surface area contributed by atoms with Crippen LogP contribution in [0.4, 0.5) is 0 Å². The first kappa shape index (κ1) is 18.5. The van der Waals surface area contributed by atoms with Gasteiger partial charge in [-0.3, -0.25) is 4.79 Å². The van der Waals surface area contributed by atoms with E-state index in [0.717, 1.165) is 23.1 Å². The Morgan fingerprint density at radius 2 is 1.81 bits per heavy atom. The summed E-state index contributed by atoms with van der Waals surface area (Å²) in [5, 5.41) is 0. The van der Waals surface area contributed by atoms with Crippen LogP contribution in [0.25, 0.3) is 0 Å². The Morgan fingerprint density at radius 3 is 2.42 bits per heavy atom. The maximum Gasteiger partial charge on any atom is 0.254 e. The van der Waals surface area contributed by atoms with Crippen molar-refractivity contribution >= 4 is 15.7 Å². The summed E-state index contributed by atoms with van der Waals surface area (Å²) >= 11 is 0. The van der Waals surface area contributed by atoms with Crippen molar-refractivity contribution in [2.75, 3.05) is 26.0 Å². The summed E-state index contributed by atoms with van der Waals surface area (Å²) in [6.45, 7) is 5.48. The molecule has 0 unspecified atom stereocenters. The van der Waals surface area contributed by atoms with Crippen molar-refractivity contribution in [3.63, 3.8) is 0 Å². The van der Waals surface area contributed by atoms with Gasteiger partial charge in [-0.2, -0.15) is 0 Å². The second-order valence-corrected chi connectivity index (χ2v) is 8.90. The fourth-order valence-corrected chi connectivity index (χ4v) is 3.73. The van der Waals surface area contributed by atoms with Crippen molar-refractivity contribution in [2.24, 2.45) is 5.92 Å². The molecule has 2 aromatic carbocycles. The Balaban J connectivity index is 1.65. The van der Waals surface area contributed by atoms with E-state index in [9.17, 15) is 13.2 Å². The number of likely N-dealkylation sites (tertiary alicyclic amines) is 1. The molecule has 138 valence electrons. The van der Waals surface area contributed by atoms with Crippen LogP contribution in [0.3, 0.4) is 0 Å². The number of hydrogen-bond acceptors (Lipinski definition) is 4. The molecule has 2 aromatic rings. The first-order valence-electron chi connectivity index (χ1n) is 8.54. The summed E-state index contributed by atoms with van der Waals surface area (Å²) in [7, 11) is -3.35. The minimum Gasteiger partial charge on any atom is -0.493 e. The lowest BCUT2D eigenvalue weighted by Gasteiger charge is -2.39. The van der Waals surface area contributed by atoms with Crippen LogP contribution in [0.15, 0.2) is 47.4 Å². The van der Waals surface area contributed by atoms with Gasteiger partial charge in [0.1, 0.15) is 5.75 Å². The molecule has 1 heterocycles. The average molecular weight is 373 g/mol. The standard InChI is InChI=1S/C20H23NO4S/c1-14-9-18(26(3,23)24)10-19(15(14)2)20(22)21-11-16(12-21)13-25-17-7-5-4-6-8-17/h4-10,16H,11-13H2,1-3H3. The predicted molar refractivity (Wildman–Crippen MR) is 100 cm³/mol. The summed E-state index contributed by atoms with van der Waals surface area (Å²) in [4.78, 5) is 14.7. The van der Waals surface area contributed by atoms with Crippen LogP contribution in [0.1, 0.15) is 21.5 Å². The zero-order valence-corrected chi connectivity index (χ0v) is 16.0. The molecule has 0 spiro atoms. The molecule has 3 rings (SSSR count). The van der Waals surface area contributed by atoms with Gasteiger partial charge in [0.05, 0.1) is 11.5 Å². The van der Waals surface area contributed by atoms with Gasteiger partial charge in [-0.1, -0.05) is 18.2 Å². The Labute approximate surface area is 154 Å². The number of rotatable bonds is 5. The molecule has 26 heavy (non-hydrogen) atoms. The van der Waals surface area contributed by atoms with Gasteiger partial charge in [0.15, 0.2) is 9.84 Å². The summed E-state index contributed by atoms with van der Waals surface area (Å²) in [5.41, 5.74) is 2.10. The fourth-order valence-electron chi connectivity index (χ4n) is 3.00. The Hall–Kier alpha value is -2.34. The topological polar surface area (TPSA) is 63.7 Å². The van der Waals surface area contributed by atoms with Crippen LogP contribution < -0.4 is 4.74 Å². The van der Waals surface area contributed by atoms with Crippen LogP contribution >= 0.6 is 0 Å².